The molecule has 0 aliphatic heterocycles. The molecule has 0 fully saturated rings. The predicted molar refractivity (Wildman–Crippen MR) is 64.9 cm³/mol. The molecule has 0 aliphatic carbocycles. The highest BCUT2D eigenvalue weighted by molar-refractivity contribution is 6.33. The van der Waals surface area contributed by atoms with E-state index in [0.29, 0.717) is 12.0 Å². The van der Waals surface area contributed by atoms with Gasteiger partial charge < -0.3 is 14.9 Å². The summed E-state index contributed by atoms with van der Waals surface area (Å²) < 4.78 is 4.98. The van der Waals surface area contributed by atoms with E-state index in [-0.39, 0.29) is 16.5 Å². The number of carbonyl (C=O) groups is 1. The van der Waals surface area contributed by atoms with Crippen molar-refractivity contribution in [3.63, 3.8) is 0 Å². The summed E-state index contributed by atoms with van der Waals surface area (Å²) >= 11 is 6.09. The second-order valence-electron chi connectivity index (χ2n) is 3.98. The predicted octanol–water partition coefficient (Wildman–Crippen LogP) is 2.63. The van der Waals surface area contributed by atoms with Crippen molar-refractivity contribution >= 4 is 17.6 Å². The number of carboxylic acids is 1. The Balaban J connectivity index is 3.20. The first-order valence-electron chi connectivity index (χ1n) is 5.16. The summed E-state index contributed by atoms with van der Waals surface area (Å²) in [5.41, 5.74) is 1.44. The lowest BCUT2D eigenvalue weighted by molar-refractivity contribution is -0.141. The third-order valence-corrected chi connectivity index (χ3v) is 3.06. The van der Waals surface area contributed by atoms with E-state index in [0.717, 1.165) is 5.56 Å². The highest BCUT2D eigenvalue weighted by Gasteiger charge is 2.19. The van der Waals surface area contributed by atoms with E-state index in [1.54, 1.807) is 13.8 Å². The lowest BCUT2D eigenvalue weighted by Gasteiger charge is -2.15. The van der Waals surface area contributed by atoms with Crippen molar-refractivity contribution < 1.29 is 19.7 Å². The molecule has 5 heteroatoms. The van der Waals surface area contributed by atoms with Crippen molar-refractivity contribution in [2.45, 2.75) is 20.3 Å². The SMILES string of the molecule is COc1c(O)cc(C)c(CC(C)C(=O)O)c1Cl. The van der Waals surface area contributed by atoms with Crippen molar-refractivity contribution in [1.82, 2.24) is 0 Å². The first-order valence-corrected chi connectivity index (χ1v) is 5.54. The van der Waals surface area contributed by atoms with Crippen LogP contribution in [0.3, 0.4) is 0 Å². The normalized spacial score (nSPS) is 12.2. The monoisotopic (exact) mass is 258 g/mol. The van der Waals surface area contributed by atoms with Crippen LogP contribution in [-0.4, -0.2) is 23.3 Å². The van der Waals surface area contributed by atoms with E-state index < -0.39 is 11.9 Å². The Morgan fingerprint density at radius 2 is 2.18 bits per heavy atom. The van der Waals surface area contributed by atoms with E-state index in [2.05, 4.69) is 0 Å². The lowest BCUT2D eigenvalue weighted by atomic mass is 9.97. The number of rotatable bonds is 4. The molecule has 17 heavy (non-hydrogen) atoms. The van der Waals surface area contributed by atoms with Crippen LogP contribution in [0.2, 0.25) is 5.02 Å². The zero-order valence-electron chi connectivity index (χ0n) is 9.95. The lowest BCUT2D eigenvalue weighted by Crippen LogP contribution is -2.13. The van der Waals surface area contributed by atoms with Crippen LogP contribution in [0.25, 0.3) is 0 Å². The minimum Gasteiger partial charge on any atom is -0.504 e. The highest BCUT2D eigenvalue weighted by Crippen LogP contribution is 2.39. The van der Waals surface area contributed by atoms with E-state index in [1.807, 2.05) is 0 Å². The summed E-state index contributed by atoms with van der Waals surface area (Å²) in [6.07, 6.45) is 0.302. The fourth-order valence-corrected chi connectivity index (χ4v) is 2.02. The molecule has 0 radical (unpaired) electrons. The van der Waals surface area contributed by atoms with Gasteiger partial charge in [0.1, 0.15) is 0 Å². The average molecular weight is 259 g/mol. The van der Waals surface area contributed by atoms with Gasteiger partial charge in [0.25, 0.3) is 0 Å². The first-order chi connectivity index (χ1) is 7.88. The maximum absolute atomic E-state index is 10.8. The Labute approximate surface area is 105 Å². The number of hydrogen-bond acceptors (Lipinski definition) is 3. The van der Waals surface area contributed by atoms with Crippen LogP contribution < -0.4 is 4.74 Å². The molecule has 94 valence electrons. The number of carboxylic acid groups (broad SMARTS) is 1. The fourth-order valence-electron chi connectivity index (χ4n) is 1.62. The molecular weight excluding hydrogens is 244 g/mol. The van der Waals surface area contributed by atoms with E-state index in [9.17, 15) is 9.90 Å². The first kappa shape index (κ1) is 13.6. The quantitative estimate of drug-likeness (QED) is 0.871. The zero-order valence-corrected chi connectivity index (χ0v) is 10.7. The topological polar surface area (TPSA) is 66.8 Å². The van der Waals surface area contributed by atoms with Gasteiger partial charge in [-0.3, -0.25) is 4.79 Å². The van der Waals surface area contributed by atoms with Crippen LogP contribution in [0, 0.1) is 12.8 Å². The maximum Gasteiger partial charge on any atom is 0.306 e. The van der Waals surface area contributed by atoms with Crippen LogP contribution in [0.1, 0.15) is 18.1 Å². The van der Waals surface area contributed by atoms with Gasteiger partial charge in [0, 0.05) is 0 Å². The molecule has 1 aromatic rings. The minimum absolute atomic E-state index is 0.0401. The highest BCUT2D eigenvalue weighted by atomic mass is 35.5. The molecule has 2 N–H and O–H groups in total. The van der Waals surface area contributed by atoms with Crippen molar-refractivity contribution in [2.75, 3.05) is 7.11 Å². The van der Waals surface area contributed by atoms with Crippen molar-refractivity contribution in [3.05, 3.63) is 22.2 Å². The van der Waals surface area contributed by atoms with Crippen LogP contribution >= 0.6 is 11.6 Å². The molecule has 1 aromatic carbocycles. The zero-order chi connectivity index (χ0) is 13.2. The molecule has 0 aliphatic rings. The van der Waals surface area contributed by atoms with Gasteiger partial charge in [-0.25, -0.2) is 0 Å². The number of ether oxygens (including phenoxy) is 1. The minimum atomic E-state index is -0.882. The molecule has 0 spiro atoms. The molecule has 0 saturated carbocycles. The van der Waals surface area contributed by atoms with Crippen LogP contribution in [0.4, 0.5) is 0 Å². The Bertz CT molecular complexity index is 443. The standard InChI is InChI=1S/C12H15ClO4/c1-6-5-9(14)11(17-3)10(13)8(6)4-7(2)12(15)16/h5,7,14H,4H2,1-3H3,(H,15,16). The number of hydrogen-bond donors (Lipinski definition) is 2. The van der Waals surface area contributed by atoms with Crippen molar-refractivity contribution in [2.24, 2.45) is 5.92 Å². The Kier molecular flexibility index (Phi) is 4.23. The van der Waals surface area contributed by atoms with Crippen molar-refractivity contribution in [1.29, 1.82) is 0 Å². The third-order valence-electron chi connectivity index (χ3n) is 2.66. The summed E-state index contributed by atoms with van der Waals surface area (Å²) in [4.78, 5) is 10.8. The van der Waals surface area contributed by atoms with Gasteiger partial charge in [0.15, 0.2) is 11.5 Å². The van der Waals surface area contributed by atoms with E-state index >= 15 is 0 Å². The van der Waals surface area contributed by atoms with Crippen molar-refractivity contribution in [3.8, 4) is 11.5 Å². The van der Waals surface area contributed by atoms with Gasteiger partial charge in [-0.15, -0.1) is 0 Å². The van der Waals surface area contributed by atoms with Gasteiger partial charge in [0.2, 0.25) is 0 Å². The third kappa shape index (κ3) is 2.82. The molecule has 0 amide bonds. The van der Waals surface area contributed by atoms with Gasteiger partial charge in [-0.2, -0.15) is 0 Å². The number of phenolic OH excluding ortho intramolecular Hbond substituents is 1. The summed E-state index contributed by atoms with van der Waals surface area (Å²) in [6.45, 7) is 3.38. The molecule has 0 saturated heterocycles. The molecule has 0 aromatic heterocycles. The van der Waals surface area contributed by atoms with E-state index in [1.165, 1.54) is 13.2 Å². The number of aliphatic carboxylic acids is 1. The Hall–Kier alpha value is -1.42. The molecule has 0 bridgehead atoms. The Morgan fingerprint density at radius 1 is 1.59 bits per heavy atom. The average Bonchev–Trinajstić information content (AvgIpc) is 2.24. The number of methoxy groups -OCH3 is 1. The van der Waals surface area contributed by atoms with Gasteiger partial charge >= 0.3 is 5.97 Å². The maximum atomic E-state index is 10.8. The molecule has 0 heterocycles. The number of aryl methyl sites for hydroxylation is 1. The second kappa shape index (κ2) is 5.27. The molecular formula is C12H15ClO4. The number of halogens is 1. The summed E-state index contributed by atoms with van der Waals surface area (Å²) in [7, 11) is 1.40. The van der Waals surface area contributed by atoms with Crippen LogP contribution in [-0.2, 0) is 11.2 Å². The summed E-state index contributed by atoms with van der Waals surface area (Å²) in [6, 6.07) is 1.52. The second-order valence-corrected chi connectivity index (χ2v) is 4.36. The number of benzene rings is 1. The fraction of sp³-hybridized carbons (Fsp3) is 0.417. The molecule has 1 rings (SSSR count). The van der Waals surface area contributed by atoms with Crippen LogP contribution in [0.15, 0.2) is 6.07 Å². The molecule has 1 unspecified atom stereocenters. The van der Waals surface area contributed by atoms with E-state index in [4.69, 9.17) is 21.4 Å². The summed E-state index contributed by atoms with van der Waals surface area (Å²) in [5, 5.41) is 18.8. The smallest absolute Gasteiger partial charge is 0.306 e. The summed E-state index contributed by atoms with van der Waals surface area (Å²) in [5.74, 6) is -1.28. The van der Waals surface area contributed by atoms with Gasteiger partial charge in [-0.05, 0) is 30.5 Å². The molecule has 1 atom stereocenters. The largest absolute Gasteiger partial charge is 0.504 e. The van der Waals surface area contributed by atoms with Crippen LogP contribution in [0.5, 0.6) is 11.5 Å². The number of phenols is 1. The van der Waals surface area contributed by atoms with Gasteiger partial charge in [-0.1, -0.05) is 18.5 Å². The Morgan fingerprint density at radius 3 is 2.65 bits per heavy atom. The number of aromatic hydroxyl groups is 1. The molecule has 4 nitrogen and oxygen atoms in total. The van der Waals surface area contributed by atoms with Gasteiger partial charge in [0.05, 0.1) is 18.1 Å².